The standard InChI is InChI=1S/C21H25N3O4S2.C2H2O4/c25-19(20-4-3-15-29-20)16-22-11-13-23(14-12-22)21(26)17-5-7-18(8-6-17)30(27,28)24-9-1-2-10-24;3-1(4)2(5)6/h3-8,15H,1-2,9-14,16H2;(H,3,4)(H,5,6). The number of sulfonamides is 1. The highest BCUT2D eigenvalue weighted by molar-refractivity contribution is 7.89. The van der Waals surface area contributed by atoms with E-state index in [2.05, 4.69) is 4.90 Å². The van der Waals surface area contributed by atoms with Crippen molar-refractivity contribution in [2.24, 2.45) is 0 Å². The molecule has 0 aliphatic carbocycles. The summed E-state index contributed by atoms with van der Waals surface area (Å²) in [6.45, 7) is 3.86. The van der Waals surface area contributed by atoms with Crippen LogP contribution < -0.4 is 0 Å². The van der Waals surface area contributed by atoms with Crippen molar-refractivity contribution < 1.29 is 37.8 Å². The van der Waals surface area contributed by atoms with Crippen molar-refractivity contribution in [1.29, 1.82) is 0 Å². The number of piperazine rings is 1. The van der Waals surface area contributed by atoms with E-state index in [1.165, 1.54) is 27.8 Å². The molecule has 0 atom stereocenters. The molecular weight excluding hydrogens is 510 g/mol. The Morgan fingerprint density at radius 3 is 1.92 bits per heavy atom. The summed E-state index contributed by atoms with van der Waals surface area (Å²) in [5, 5.41) is 16.7. The van der Waals surface area contributed by atoms with E-state index in [1.807, 2.05) is 17.5 Å². The number of aliphatic carboxylic acids is 2. The van der Waals surface area contributed by atoms with Crippen molar-refractivity contribution >= 4 is 45.0 Å². The first-order valence-electron chi connectivity index (χ1n) is 11.2. The van der Waals surface area contributed by atoms with Crippen molar-refractivity contribution in [3.05, 3.63) is 52.2 Å². The topological polar surface area (TPSA) is 153 Å². The van der Waals surface area contributed by atoms with Gasteiger partial charge in [0.1, 0.15) is 0 Å². The van der Waals surface area contributed by atoms with Gasteiger partial charge in [0.05, 0.1) is 16.3 Å². The number of carbonyl (C=O) groups is 4. The second kappa shape index (κ2) is 12.2. The molecule has 2 N–H and O–H groups in total. The molecule has 1 amide bonds. The largest absolute Gasteiger partial charge is 0.473 e. The molecule has 194 valence electrons. The quantitative estimate of drug-likeness (QED) is 0.410. The molecule has 2 fully saturated rings. The molecule has 0 spiro atoms. The average Bonchev–Trinajstić information content (AvgIpc) is 3.60. The highest BCUT2D eigenvalue weighted by Crippen LogP contribution is 2.21. The van der Waals surface area contributed by atoms with Crippen molar-refractivity contribution in [2.45, 2.75) is 17.7 Å². The average molecular weight is 538 g/mol. The SMILES string of the molecule is O=C(CN1CCN(C(=O)c2ccc(S(=O)(=O)N3CCCC3)cc2)CC1)c1cccs1.O=C(O)C(=O)O. The third-order valence-electron chi connectivity index (χ3n) is 5.81. The number of hydrogen-bond donors (Lipinski definition) is 2. The first kappa shape index (κ1) is 27.5. The fourth-order valence-corrected chi connectivity index (χ4v) is 6.03. The zero-order valence-corrected chi connectivity index (χ0v) is 21.0. The first-order chi connectivity index (χ1) is 17.1. The van der Waals surface area contributed by atoms with E-state index in [4.69, 9.17) is 19.8 Å². The van der Waals surface area contributed by atoms with E-state index in [9.17, 15) is 18.0 Å². The minimum Gasteiger partial charge on any atom is -0.473 e. The molecule has 2 aliphatic rings. The van der Waals surface area contributed by atoms with E-state index >= 15 is 0 Å². The Kier molecular flexibility index (Phi) is 9.31. The monoisotopic (exact) mass is 537 g/mol. The van der Waals surface area contributed by atoms with E-state index in [1.54, 1.807) is 17.0 Å². The van der Waals surface area contributed by atoms with Crippen LogP contribution in [0, 0.1) is 0 Å². The molecule has 2 saturated heterocycles. The maximum atomic E-state index is 12.8. The summed E-state index contributed by atoms with van der Waals surface area (Å²) in [5.74, 6) is -3.64. The van der Waals surface area contributed by atoms with E-state index in [-0.39, 0.29) is 16.6 Å². The van der Waals surface area contributed by atoms with Crippen LogP contribution in [0.2, 0.25) is 0 Å². The molecule has 0 radical (unpaired) electrons. The molecular formula is C23H27N3O8S2. The first-order valence-corrected chi connectivity index (χ1v) is 13.6. The van der Waals surface area contributed by atoms with Gasteiger partial charge in [-0.1, -0.05) is 6.07 Å². The number of ketones is 1. The van der Waals surface area contributed by atoms with Crippen LogP contribution in [0.3, 0.4) is 0 Å². The lowest BCUT2D eigenvalue weighted by Crippen LogP contribution is -2.49. The maximum Gasteiger partial charge on any atom is 0.414 e. The van der Waals surface area contributed by atoms with Gasteiger partial charge >= 0.3 is 11.9 Å². The second-order valence-electron chi connectivity index (χ2n) is 8.21. The molecule has 13 heteroatoms. The zero-order chi connectivity index (χ0) is 26.3. The van der Waals surface area contributed by atoms with Gasteiger partial charge in [0, 0.05) is 44.8 Å². The molecule has 1 aromatic heterocycles. The highest BCUT2D eigenvalue weighted by atomic mass is 32.2. The van der Waals surface area contributed by atoms with Crippen LogP contribution >= 0.6 is 11.3 Å². The lowest BCUT2D eigenvalue weighted by Gasteiger charge is -2.34. The lowest BCUT2D eigenvalue weighted by molar-refractivity contribution is -0.159. The Hall–Kier alpha value is -3.13. The minimum atomic E-state index is -3.47. The molecule has 0 unspecified atom stereocenters. The Morgan fingerprint density at radius 1 is 0.833 bits per heavy atom. The second-order valence-corrected chi connectivity index (χ2v) is 11.1. The number of amides is 1. The van der Waals surface area contributed by atoms with Gasteiger partial charge in [0.25, 0.3) is 5.91 Å². The van der Waals surface area contributed by atoms with Gasteiger partial charge in [-0.05, 0) is 48.6 Å². The van der Waals surface area contributed by atoms with Crippen molar-refractivity contribution in [3.63, 3.8) is 0 Å². The Balaban J connectivity index is 0.000000538. The van der Waals surface area contributed by atoms with Crippen molar-refractivity contribution in [1.82, 2.24) is 14.1 Å². The number of carbonyl (C=O) groups excluding carboxylic acids is 2. The van der Waals surface area contributed by atoms with Gasteiger partial charge in [-0.15, -0.1) is 11.3 Å². The highest BCUT2D eigenvalue weighted by Gasteiger charge is 2.28. The van der Waals surface area contributed by atoms with Crippen molar-refractivity contribution in [3.8, 4) is 0 Å². The molecule has 1 aromatic carbocycles. The number of rotatable bonds is 6. The van der Waals surface area contributed by atoms with Crippen LogP contribution in [0.4, 0.5) is 0 Å². The van der Waals surface area contributed by atoms with Crippen LogP contribution in [0.1, 0.15) is 32.9 Å². The van der Waals surface area contributed by atoms with Crippen molar-refractivity contribution in [2.75, 3.05) is 45.8 Å². The van der Waals surface area contributed by atoms with E-state index < -0.39 is 22.0 Å². The zero-order valence-electron chi connectivity index (χ0n) is 19.4. The molecule has 4 rings (SSSR count). The van der Waals surface area contributed by atoms with Crippen LogP contribution in [0.5, 0.6) is 0 Å². The smallest absolute Gasteiger partial charge is 0.414 e. The summed E-state index contributed by atoms with van der Waals surface area (Å²) < 4.78 is 26.8. The number of nitrogens with zero attached hydrogens (tertiary/aromatic N) is 3. The number of Topliss-reactive ketones (excluding diaryl/α,β-unsaturated/α-hetero) is 1. The maximum absolute atomic E-state index is 12.8. The van der Waals surface area contributed by atoms with Crippen LogP contribution in [0.25, 0.3) is 0 Å². The van der Waals surface area contributed by atoms with Gasteiger partial charge in [0.2, 0.25) is 10.0 Å². The van der Waals surface area contributed by atoms with Crippen LogP contribution in [-0.4, -0.2) is 102 Å². The van der Waals surface area contributed by atoms with Gasteiger partial charge in [-0.25, -0.2) is 18.0 Å². The molecule has 0 bridgehead atoms. The summed E-state index contributed by atoms with van der Waals surface area (Å²) in [6.07, 6.45) is 1.78. The van der Waals surface area contributed by atoms with E-state index in [0.717, 1.165) is 17.7 Å². The number of hydrogen-bond acceptors (Lipinski definition) is 8. The van der Waals surface area contributed by atoms with Gasteiger partial charge < -0.3 is 15.1 Å². The molecule has 2 aliphatic heterocycles. The van der Waals surface area contributed by atoms with Gasteiger partial charge in [0.15, 0.2) is 5.78 Å². The van der Waals surface area contributed by atoms with Gasteiger partial charge in [-0.3, -0.25) is 14.5 Å². The lowest BCUT2D eigenvalue weighted by atomic mass is 10.1. The third kappa shape index (κ3) is 6.97. The van der Waals surface area contributed by atoms with E-state index in [0.29, 0.717) is 51.4 Å². The third-order valence-corrected chi connectivity index (χ3v) is 8.63. The number of thiophene rings is 1. The minimum absolute atomic E-state index is 0.107. The fourth-order valence-electron chi connectivity index (χ4n) is 3.86. The number of benzene rings is 1. The summed E-state index contributed by atoms with van der Waals surface area (Å²) in [5.41, 5.74) is 0.485. The predicted octanol–water partition coefficient (Wildman–Crippen LogP) is 1.33. The predicted molar refractivity (Wildman–Crippen MR) is 131 cm³/mol. The summed E-state index contributed by atoms with van der Waals surface area (Å²) >= 11 is 1.45. The Bertz CT molecular complexity index is 1170. The normalized spacial score (nSPS) is 16.7. The summed E-state index contributed by atoms with van der Waals surface area (Å²) in [4.78, 5) is 48.1. The summed E-state index contributed by atoms with van der Waals surface area (Å²) in [6, 6.07) is 9.94. The van der Waals surface area contributed by atoms with Crippen LogP contribution in [-0.2, 0) is 19.6 Å². The molecule has 0 saturated carbocycles. The fraction of sp³-hybridized carbons (Fsp3) is 0.391. The Labute approximate surface area is 212 Å². The van der Waals surface area contributed by atoms with Crippen LogP contribution in [0.15, 0.2) is 46.7 Å². The summed E-state index contributed by atoms with van der Waals surface area (Å²) in [7, 11) is -3.47. The molecule has 3 heterocycles. The van der Waals surface area contributed by atoms with Gasteiger partial charge in [-0.2, -0.15) is 4.31 Å². The molecule has 11 nitrogen and oxygen atoms in total. The number of carboxylic acids is 2. The molecule has 2 aromatic rings. The Morgan fingerprint density at radius 2 is 1.42 bits per heavy atom. The number of carboxylic acid groups (broad SMARTS) is 2. The molecule has 36 heavy (non-hydrogen) atoms.